The number of nitrogens with zero attached hydrogens (tertiary/aromatic N) is 4. The minimum atomic E-state index is 0.581. The predicted octanol–water partition coefficient (Wildman–Crippen LogP) is 10.5. The number of benzene rings is 6. The van der Waals surface area contributed by atoms with Crippen molar-refractivity contribution in [3.05, 3.63) is 133 Å². The van der Waals surface area contributed by atoms with Gasteiger partial charge in [0.25, 0.3) is 0 Å². The summed E-state index contributed by atoms with van der Waals surface area (Å²) in [5.41, 5.74) is 11.7. The van der Waals surface area contributed by atoms with Gasteiger partial charge in [0.2, 0.25) is 17.7 Å². The molecule has 47 heavy (non-hydrogen) atoms. The second-order valence-electron chi connectivity index (χ2n) is 11.8. The van der Waals surface area contributed by atoms with Gasteiger partial charge in [-0.2, -0.15) is 0 Å². The molecule has 0 fully saturated rings. The van der Waals surface area contributed by atoms with Crippen molar-refractivity contribution >= 4 is 55.1 Å². The largest absolute Gasteiger partial charge is 0.436 e. The van der Waals surface area contributed by atoms with Gasteiger partial charge in [-0.05, 0) is 103 Å². The molecule has 0 spiro atoms. The van der Waals surface area contributed by atoms with Gasteiger partial charge in [0.15, 0.2) is 16.7 Å². The molecule has 10 rings (SSSR count). The Kier molecular flexibility index (Phi) is 5.36. The molecule has 0 saturated carbocycles. The Hall–Kier alpha value is -6.47. The Labute approximate surface area is 267 Å². The summed E-state index contributed by atoms with van der Waals surface area (Å²) in [5.74, 6) is 1.75. The summed E-state index contributed by atoms with van der Waals surface area (Å²) in [6.07, 6.45) is 0. The molecular formula is C40H24N4O3. The minimum Gasteiger partial charge on any atom is -0.436 e. The maximum atomic E-state index is 6.22. The van der Waals surface area contributed by atoms with Crippen LogP contribution in [0.25, 0.3) is 95.2 Å². The second kappa shape index (κ2) is 9.76. The van der Waals surface area contributed by atoms with Crippen LogP contribution in [-0.4, -0.2) is 19.5 Å². The Balaban J connectivity index is 1.19. The number of hydrogen-bond donors (Lipinski definition) is 0. The van der Waals surface area contributed by atoms with Crippen LogP contribution in [-0.2, 0) is 0 Å². The zero-order chi connectivity index (χ0) is 31.1. The molecule has 7 nitrogen and oxygen atoms in total. The van der Waals surface area contributed by atoms with Crippen molar-refractivity contribution in [2.75, 3.05) is 0 Å². The topological polar surface area (TPSA) is 83.0 Å². The van der Waals surface area contributed by atoms with Crippen LogP contribution in [0.4, 0.5) is 0 Å². The zero-order valence-electron chi connectivity index (χ0n) is 25.1. The molecule has 4 heterocycles. The van der Waals surface area contributed by atoms with Crippen molar-refractivity contribution in [2.45, 2.75) is 6.92 Å². The van der Waals surface area contributed by atoms with Crippen molar-refractivity contribution in [3.8, 4) is 40.0 Å². The summed E-state index contributed by atoms with van der Waals surface area (Å²) in [5, 5.41) is 2.11. The summed E-state index contributed by atoms with van der Waals surface area (Å²) in [6, 6.07) is 42.7. The summed E-state index contributed by atoms with van der Waals surface area (Å²) >= 11 is 0. The smallest absolute Gasteiger partial charge is 0.227 e. The lowest BCUT2D eigenvalue weighted by atomic mass is 10.1. The van der Waals surface area contributed by atoms with E-state index in [1.165, 1.54) is 0 Å². The Morgan fingerprint density at radius 3 is 1.57 bits per heavy atom. The first-order valence-corrected chi connectivity index (χ1v) is 15.4. The van der Waals surface area contributed by atoms with Gasteiger partial charge in [-0.3, -0.25) is 0 Å². The van der Waals surface area contributed by atoms with Gasteiger partial charge in [-0.15, -0.1) is 0 Å². The summed E-state index contributed by atoms with van der Waals surface area (Å²) in [4.78, 5) is 14.4. The number of aromatic nitrogens is 4. The fourth-order valence-corrected chi connectivity index (χ4v) is 6.50. The van der Waals surface area contributed by atoms with Gasteiger partial charge in [-0.1, -0.05) is 36.4 Å². The van der Waals surface area contributed by atoms with Crippen molar-refractivity contribution in [1.29, 1.82) is 0 Å². The third kappa shape index (κ3) is 4.10. The first-order valence-electron chi connectivity index (χ1n) is 15.4. The lowest BCUT2D eigenvalue weighted by molar-refractivity contribution is 0.619. The van der Waals surface area contributed by atoms with E-state index in [1.54, 1.807) is 0 Å². The maximum Gasteiger partial charge on any atom is 0.227 e. The van der Waals surface area contributed by atoms with Crippen molar-refractivity contribution in [1.82, 2.24) is 19.5 Å². The van der Waals surface area contributed by atoms with Crippen molar-refractivity contribution in [2.24, 2.45) is 0 Å². The lowest BCUT2D eigenvalue weighted by Crippen LogP contribution is -1.94. The summed E-state index contributed by atoms with van der Waals surface area (Å²) in [6.45, 7) is 2.06. The molecule has 0 saturated heterocycles. The third-order valence-electron chi connectivity index (χ3n) is 8.74. The number of oxazole rings is 3. The van der Waals surface area contributed by atoms with Crippen LogP contribution in [0.3, 0.4) is 0 Å². The molecule has 0 amide bonds. The molecule has 0 radical (unpaired) electrons. The van der Waals surface area contributed by atoms with Crippen LogP contribution in [0.2, 0.25) is 0 Å². The maximum absolute atomic E-state index is 6.22. The van der Waals surface area contributed by atoms with Crippen LogP contribution in [0.15, 0.2) is 141 Å². The van der Waals surface area contributed by atoms with Gasteiger partial charge in [-0.25, -0.2) is 15.0 Å². The molecular weight excluding hydrogens is 584 g/mol. The van der Waals surface area contributed by atoms with Crippen molar-refractivity contribution < 1.29 is 13.3 Å². The highest BCUT2D eigenvalue weighted by Crippen LogP contribution is 2.38. The lowest BCUT2D eigenvalue weighted by Gasteiger charge is -2.09. The van der Waals surface area contributed by atoms with Gasteiger partial charge in [0.1, 0.15) is 16.6 Å². The van der Waals surface area contributed by atoms with E-state index in [1.807, 2.05) is 78.9 Å². The van der Waals surface area contributed by atoms with Crippen LogP contribution in [0.1, 0.15) is 5.56 Å². The zero-order valence-corrected chi connectivity index (χ0v) is 25.1. The van der Waals surface area contributed by atoms with E-state index in [-0.39, 0.29) is 0 Å². The van der Waals surface area contributed by atoms with Crippen LogP contribution < -0.4 is 0 Å². The normalized spacial score (nSPS) is 11.9. The molecule has 10 aromatic rings. The molecule has 222 valence electrons. The van der Waals surface area contributed by atoms with Crippen LogP contribution >= 0.6 is 0 Å². The summed E-state index contributed by atoms with van der Waals surface area (Å²) < 4.78 is 20.8. The van der Waals surface area contributed by atoms with E-state index in [0.29, 0.717) is 17.7 Å². The molecule has 0 N–H and O–H groups in total. The van der Waals surface area contributed by atoms with Gasteiger partial charge in [0.05, 0.1) is 11.0 Å². The van der Waals surface area contributed by atoms with E-state index >= 15 is 0 Å². The molecule has 0 aliphatic carbocycles. The molecule has 0 bridgehead atoms. The van der Waals surface area contributed by atoms with Crippen molar-refractivity contribution in [3.63, 3.8) is 0 Å². The fraction of sp³-hybridized carbons (Fsp3) is 0.0250. The van der Waals surface area contributed by atoms with E-state index < -0.39 is 0 Å². The van der Waals surface area contributed by atoms with E-state index in [2.05, 4.69) is 60.0 Å². The minimum absolute atomic E-state index is 0.581. The number of aryl methyl sites for hydroxylation is 1. The molecule has 0 unspecified atom stereocenters. The third-order valence-corrected chi connectivity index (χ3v) is 8.74. The molecule has 0 aliphatic heterocycles. The van der Waals surface area contributed by atoms with Crippen LogP contribution in [0.5, 0.6) is 0 Å². The number of hydrogen-bond acceptors (Lipinski definition) is 6. The number of para-hydroxylation sites is 4. The number of fused-ring (bicyclic) bond motifs is 6. The first kappa shape index (κ1) is 25.8. The second-order valence-corrected chi connectivity index (χ2v) is 11.8. The van der Waals surface area contributed by atoms with Gasteiger partial charge >= 0.3 is 0 Å². The standard InChI is InChI=1S/C40H24N4O3/c1-23-13-18-37-32(19-23)43-40(47-37)26-15-17-34-29(22-26)28-21-25(39-42-31-10-3-5-12-36(31)46-39)14-16-33(28)44(34)27-8-6-7-24(20-27)38-41-30-9-2-4-11-35(30)45-38/h2-22H,1H3. The quantitative estimate of drug-likeness (QED) is 0.198. The highest BCUT2D eigenvalue weighted by Gasteiger charge is 2.19. The Morgan fingerprint density at radius 1 is 0.447 bits per heavy atom. The Bertz CT molecular complexity index is 2770. The fourth-order valence-electron chi connectivity index (χ4n) is 6.50. The molecule has 0 atom stereocenters. The first-order chi connectivity index (χ1) is 23.1. The molecule has 7 heteroatoms. The average molecular weight is 609 g/mol. The predicted molar refractivity (Wildman–Crippen MR) is 185 cm³/mol. The van der Waals surface area contributed by atoms with Gasteiger partial charge in [0, 0.05) is 33.2 Å². The van der Waals surface area contributed by atoms with E-state index in [9.17, 15) is 0 Å². The highest BCUT2D eigenvalue weighted by molar-refractivity contribution is 6.11. The molecule has 6 aromatic carbocycles. The average Bonchev–Trinajstić information content (AvgIpc) is 3.90. The highest BCUT2D eigenvalue weighted by atomic mass is 16.4. The van der Waals surface area contributed by atoms with E-state index in [4.69, 9.17) is 28.2 Å². The SMILES string of the molecule is Cc1ccc2oc(-c3ccc4c(c3)c3cc(-c5nc6ccccc6o5)ccc3n4-c3cccc(-c4nc5ccccc5o4)c3)nc2c1. The monoisotopic (exact) mass is 608 g/mol. The molecule has 0 aliphatic rings. The van der Waals surface area contributed by atoms with Crippen LogP contribution in [0, 0.1) is 6.92 Å². The summed E-state index contributed by atoms with van der Waals surface area (Å²) in [7, 11) is 0. The Morgan fingerprint density at radius 2 is 0.979 bits per heavy atom. The molecule has 4 aromatic heterocycles. The number of rotatable bonds is 4. The van der Waals surface area contributed by atoms with E-state index in [0.717, 1.165) is 83.0 Å². The van der Waals surface area contributed by atoms with Gasteiger partial charge < -0.3 is 17.8 Å².